The topological polar surface area (TPSA) is 46.9 Å². The number of thioether (sulfide) groups is 1. The summed E-state index contributed by atoms with van der Waals surface area (Å²) in [5.41, 5.74) is 1.18. The minimum atomic E-state index is -4.43. The van der Waals surface area contributed by atoms with Crippen LogP contribution in [0.25, 0.3) is 11.0 Å². The van der Waals surface area contributed by atoms with Crippen LogP contribution in [0.3, 0.4) is 0 Å². The van der Waals surface area contributed by atoms with Gasteiger partial charge in [0.25, 0.3) is 0 Å². The Bertz CT molecular complexity index is 1040. The Morgan fingerprint density at radius 2 is 1.84 bits per heavy atom. The van der Waals surface area contributed by atoms with Gasteiger partial charge in [-0.25, -0.2) is 4.98 Å². The van der Waals surface area contributed by atoms with Gasteiger partial charge in [-0.1, -0.05) is 61.4 Å². The van der Waals surface area contributed by atoms with E-state index in [0.717, 1.165) is 43.4 Å². The van der Waals surface area contributed by atoms with E-state index in [9.17, 15) is 18.0 Å². The van der Waals surface area contributed by atoms with E-state index in [2.05, 4.69) is 10.3 Å². The average Bonchev–Trinajstić information content (AvgIpc) is 3.10. The smallest absolute Gasteiger partial charge is 0.353 e. The molecule has 31 heavy (non-hydrogen) atoms. The van der Waals surface area contributed by atoms with Gasteiger partial charge >= 0.3 is 6.18 Å². The lowest BCUT2D eigenvalue weighted by Gasteiger charge is -2.22. The zero-order chi connectivity index (χ0) is 21.8. The van der Waals surface area contributed by atoms with Gasteiger partial charge < -0.3 is 9.88 Å². The average molecular weight is 448 g/mol. The van der Waals surface area contributed by atoms with Gasteiger partial charge in [-0.05, 0) is 36.6 Å². The van der Waals surface area contributed by atoms with E-state index >= 15 is 0 Å². The molecule has 1 saturated carbocycles. The normalized spacial score (nSPS) is 15.3. The number of aromatic nitrogens is 2. The van der Waals surface area contributed by atoms with Gasteiger partial charge in [0, 0.05) is 6.04 Å². The van der Waals surface area contributed by atoms with Crippen molar-refractivity contribution in [2.45, 2.75) is 56.0 Å². The zero-order valence-electron chi connectivity index (χ0n) is 17.0. The number of nitrogens with one attached hydrogen (secondary N) is 1. The first-order valence-electron chi connectivity index (χ1n) is 10.4. The molecule has 1 heterocycles. The van der Waals surface area contributed by atoms with Crippen molar-refractivity contribution in [2.24, 2.45) is 0 Å². The third kappa shape index (κ3) is 5.42. The molecule has 0 atom stereocenters. The number of alkyl halides is 3. The summed E-state index contributed by atoms with van der Waals surface area (Å²) in [6.45, 7) is 0.468. The number of amides is 1. The lowest BCUT2D eigenvalue weighted by atomic mass is 9.95. The Labute approximate surface area is 183 Å². The lowest BCUT2D eigenvalue weighted by molar-refractivity contribution is -0.137. The third-order valence-electron chi connectivity index (χ3n) is 5.53. The van der Waals surface area contributed by atoms with E-state index in [1.165, 1.54) is 24.2 Å². The van der Waals surface area contributed by atoms with Crippen LogP contribution in [-0.4, -0.2) is 27.3 Å². The lowest BCUT2D eigenvalue weighted by Crippen LogP contribution is -2.37. The van der Waals surface area contributed by atoms with Gasteiger partial charge in [-0.2, -0.15) is 13.2 Å². The highest BCUT2D eigenvalue weighted by molar-refractivity contribution is 7.99. The molecule has 164 valence electrons. The van der Waals surface area contributed by atoms with E-state index in [0.29, 0.717) is 17.2 Å². The van der Waals surface area contributed by atoms with Crippen molar-refractivity contribution in [1.82, 2.24) is 14.9 Å². The molecule has 2 aromatic carbocycles. The Balaban J connectivity index is 1.57. The first-order valence-corrected chi connectivity index (χ1v) is 11.4. The van der Waals surface area contributed by atoms with Crippen molar-refractivity contribution in [3.8, 4) is 0 Å². The number of carbonyl (C=O) groups excluding carboxylic acids is 1. The summed E-state index contributed by atoms with van der Waals surface area (Å²) >= 11 is 1.26. The second-order valence-electron chi connectivity index (χ2n) is 7.86. The van der Waals surface area contributed by atoms with E-state index in [4.69, 9.17) is 0 Å². The highest BCUT2D eigenvalue weighted by Gasteiger charge is 2.31. The SMILES string of the molecule is O=C(CSc1nc2cc(C(F)(F)F)ccc2n1Cc1ccccc1)NC1CCCCC1. The van der Waals surface area contributed by atoms with Gasteiger partial charge in [-0.15, -0.1) is 0 Å². The molecular weight excluding hydrogens is 423 g/mol. The van der Waals surface area contributed by atoms with E-state index in [-0.39, 0.29) is 23.2 Å². The molecule has 0 bridgehead atoms. The number of benzene rings is 2. The standard InChI is InChI=1S/C23H24F3N3OS/c24-23(25,26)17-11-12-20-19(13-17)28-22(29(20)14-16-7-3-1-4-8-16)31-15-21(30)27-18-9-5-2-6-10-18/h1,3-4,7-8,11-13,18H,2,5-6,9-10,14-15H2,(H,27,30). The Kier molecular flexibility index (Phi) is 6.55. The van der Waals surface area contributed by atoms with Gasteiger partial charge in [-0.3, -0.25) is 4.79 Å². The summed E-state index contributed by atoms with van der Waals surface area (Å²) in [6.07, 6.45) is 1.06. The largest absolute Gasteiger partial charge is 0.416 e. The highest BCUT2D eigenvalue weighted by Crippen LogP contribution is 2.33. The predicted molar refractivity (Wildman–Crippen MR) is 116 cm³/mol. The van der Waals surface area contributed by atoms with Crippen molar-refractivity contribution in [1.29, 1.82) is 0 Å². The van der Waals surface area contributed by atoms with Gasteiger partial charge in [0.05, 0.1) is 28.9 Å². The van der Waals surface area contributed by atoms with Crippen molar-refractivity contribution in [3.05, 3.63) is 59.7 Å². The fourth-order valence-corrected chi connectivity index (χ4v) is 4.78. The summed E-state index contributed by atoms with van der Waals surface area (Å²) in [7, 11) is 0. The highest BCUT2D eigenvalue weighted by atomic mass is 32.2. The molecule has 1 aliphatic rings. The molecule has 0 saturated heterocycles. The summed E-state index contributed by atoms with van der Waals surface area (Å²) in [6, 6.07) is 13.5. The molecule has 8 heteroatoms. The van der Waals surface area contributed by atoms with Crippen molar-refractivity contribution in [2.75, 3.05) is 5.75 Å². The second-order valence-corrected chi connectivity index (χ2v) is 8.80. The van der Waals surface area contributed by atoms with Crippen LogP contribution in [0.4, 0.5) is 13.2 Å². The van der Waals surface area contributed by atoms with Crippen molar-refractivity contribution in [3.63, 3.8) is 0 Å². The van der Waals surface area contributed by atoms with Crippen LogP contribution in [0.1, 0.15) is 43.2 Å². The Hall–Kier alpha value is -2.48. The molecular formula is C23H24F3N3OS. The summed E-state index contributed by atoms with van der Waals surface area (Å²) in [5, 5.41) is 3.61. The first-order chi connectivity index (χ1) is 14.9. The quantitative estimate of drug-likeness (QED) is 0.497. The zero-order valence-corrected chi connectivity index (χ0v) is 17.8. The van der Waals surface area contributed by atoms with Crippen molar-refractivity contribution >= 4 is 28.7 Å². The van der Waals surface area contributed by atoms with E-state index in [1.807, 2.05) is 34.9 Å². The number of rotatable bonds is 6. The van der Waals surface area contributed by atoms with Crippen LogP contribution in [0, 0.1) is 0 Å². The summed E-state index contributed by atoms with van der Waals surface area (Å²) in [4.78, 5) is 16.9. The number of fused-ring (bicyclic) bond motifs is 1. The Morgan fingerprint density at radius 3 is 2.55 bits per heavy atom. The van der Waals surface area contributed by atoms with Gasteiger partial charge in [0.15, 0.2) is 5.16 Å². The van der Waals surface area contributed by atoms with Crippen LogP contribution in [0.15, 0.2) is 53.7 Å². The maximum Gasteiger partial charge on any atom is 0.416 e. The molecule has 1 N–H and O–H groups in total. The maximum absolute atomic E-state index is 13.2. The predicted octanol–water partition coefficient (Wildman–Crippen LogP) is 5.64. The number of imidazole rings is 1. The summed E-state index contributed by atoms with van der Waals surface area (Å²) < 4.78 is 41.3. The van der Waals surface area contributed by atoms with Crippen molar-refractivity contribution < 1.29 is 18.0 Å². The maximum atomic E-state index is 13.2. The molecule has 3 aromatic rings. The van der Waals surface area contributed by atoms with Gasteiger partial charge in [0.1, 0.15) is 0 Å². The number of hydrogen-bond acceptors (Lipinski definition) is 3. The van der Waals surface area contributed by atoms with E-state index in [1.54, 1.807) is 0 Å². The molecule has 0 aliphatic heterocycles. The molecule has 1 aromatic heterocycles. The van der Waals surface area contributed by atoms with Crippen LogP contribution in [0.2, 0.25) is 0 Å². The second kappa shape index (κ2) is 9.34. The minimum absolute atomic E-state index is 0.0637. The van der Waals surface area contributed by atoms with Crippen LogP contribution < -0.4 is 5.32 Å². The number of carbonyl (C=O) groups is 1. The molecule has 0 radical (unpaired) electrons. The molecule has 1 aliphatic carbocycles. The number of nitrogens with zero attached hydrogens (tertiary/aromatic N) is 2. The summed E-state index contributed by atoms with van der Waals surface area (Å²) in [5.74, 6) is 0.118. The fraction of sp³-hybridized carbons (Fsp3) is 0.391. The fourth-order valence-electron chi connectivity index (χ4n) is 3.96. The minimum Gasteiger partial charge on any atom is -0.353 e. The Morgan fingerprint density at radius 1 is 1.10 bits per heavy atom. The monoisotopic (exact) mass is 447 g/mol. The molecule has 1 amide bonds. The third-order valence-corrected chi connectivity index (χ3v) is 6.50. The van der Waals surface area contributed by atoms with Crippen LogP contribution in [-0.2, 0) is 17.5 Å². The van der Waals surface area contributed by atoms with Crippen LogP contribution in [0.5, 0.6) is 0 Å². The first kappa shape index (κ1) is 21.7. The van der Waals surface area contributed by atoms with Gasteiger partial charge in [0.2, 0.25) is 5.91 Å². The van der Waals surface area contributed by atoms with Crippen LogP contribution >= 0.6 is 11.8 Å². The molecule has 4 rings (SSSR count). The molecule has 0 spiro atoms. The molecule has 0 unspecified atom stereocenters. The molecule has 4 nitrogen and oxygen atoms in total. The van der Waals surface area contributed by atoms with E-state index < -0.39 is 11.7 Å². The number of hydrogen-bond donors (Lipinski definition) is 1. The molecule has 1 fully saturated rings. The number of halogens is 3.